The van der Waals surface area contributed by atoms with Gasteiger partial charge in [0.2, 0.25) is 0 Å². The van der Waals surface area contributed by atoms with Gasteiger partial charge in [0.1, 0.15) is 5.82 Å². The molecule has 0 bridgehead atoms. The number of methoxy groups -OCH3 is 1. The number of ether oxygens (including phenoxy) is 2. The number of hydrogen-bond acceptors (Lipinski definition) is 6. The van der Waals surface area contributed by atoms with Crippen molar-refractivity contribution < 1.29 is 23.5 Å². The van der Waals surface area contributed by atoms with Crippen LogP contribution in [0.3, 0.4) is 0 Å². The lowest BCUT2D eigenvalue weighted by atomic mass is 9.97. The second kappa shape index (κ2) is 8.71. The maximum absolute atomic E-state index is 14.3. The fraction of sp³-hybridized carbons (Fsp3) is 0.368. The van der Waals surface area contributed by atoms with Crippen LogP contribution in [0.25, 0.3) is 0 Å². The summed E-state index contributed by atoms with van der Waals surface area (Å²) in [5.41, 5.74) is 6.40. The molecule has 1 aromatic heterocycles. The molecule has 29 heavy (non-hydrogen) atoms. The molecule has 2 heterocycles. The van der Waals surface area contributed by atoms with Crippen molar-refractivity contribution in [3.63, 3.8) is 0 Å². The minimum absolute atomic E-state index is 0.00929. The Morgan fingerprint density at radius 1 is 1.48 bits per heavy atom. The van der Waals surface area contributed by atoms with E-state index in [1.165, 1.54) is 30.1 Å². The van der Waals surface area contributed by atoms with Crippen molar-refractivity contribution in [2.45, 2.75) is 18.9 Å². The molecule has 1 amide bonds. The van der Waals surface area contributed by atoms with Gasteiger partial charge in [0.25, 0.3) is 5.91 Å². The van der Waals surface area contributed by atoms with Crippen LogP contribution < -0.4 is 5.73 Å². The summed E-state index contributed by atoms with van der Waals surface area (Å²) in [7, 11) is 1.20. The van der Waals surface area contributed by atoms with Crippen LogP contribution in [0.5, 0.6) is 0 Å². The van der Waals surface area contributed by atoms with Gasteiger partial charge in [-0.05, 0) is 40.0 Å². The highest BCUT2D eigenvalue weighted by Crippen LogP contribution is 2.28. The number of carbonyl (C=O) groups is 2. The molecule has 10 heteroatoms. The number of primary amides is 1. The standard InChI is InChI=1S/C19H18BrFN4O4/c1-28-19(27)12-4-10(5-14(21)17(12)20)6-15-13(18(23)26)8-25(24-15)16-9-29-3-2-11(16)7-22/h4-5,8,11,16H,2-3,6,9H2,1H3,(H2,23,26)/t11-,16?/m1/s1. The summed E-state index contributed by atoms with van der Waals surface area (Å²) in [6.45, 7) is 0.775. The van der Waals surface area contributed by atoms with Gasteiger partial charge in [0, 0.05) is 19.2 Å². The fourth-order valence-electron chi connectivity index (χ4n) is 3.27. The van der Waals surface area contributed by atoms with Crippen LogP contribution in [0.15, 0.2) is 22.8 Å². The maximum atomic E-state index is 14.3. The van der Waals surface area contributed by atoms with Crippen molar-refractivity contribution in [2.75, 3.05) is 20.3 Å². The average Bonchev–Trinajstić information content (AvgIpc) is 3.13. The van der Waals surface area contributed by atoms with E-state index < -0.39 is 17.7 Å². The molecular weight excluding hydrogens is 447 g/mol. The van der Waals surface area contributed by atoms with E-state index in [0.717, 1.165) is 0 Å². The van der Waals surface area contributed by atoms with Gasteiger partial charge < -0.3 is 15.2 Å². The molecule has 1 fully saturated rings. The second-order valence-corrected chi connectivity index (χ2v) is 7.40. The molecule has 0 spiro atoms. The highest BCUT2D eigenvalue weighted by Gasteiger charge is 2.29. The number of nitrogens with two attached hydrogens (primary N) is 1. The van der Waals surface area contributed by atoms with E-state index in [9.17, 15) is 19.2 Å². The Bertz CT molecular complexity index is 1000. The lowest BCUT2D eigenvalue weighted by Gasteiger charge is -2.27. The number of nitrogens with zero attached hydrogens (tertiary/aromatic N) is 3. The Balaban J connectivity index is 1.98. The summed E-state index contributed by atoms with van der Waals surface area (Å²) in [6, 6.07) is 4.58. The minimum atomic E-state index is -0.700. The quantitative estimate of drug-likeness (QED) is 0.677. The third-order valence-corrected chi connectivity index (χ3v) is 5.58. The Morgan fingerprint density at radius 3 is 2.90 bits per heavy atom. The predicted octanol–water partition coefficient (Wildman–Crippen LogP) is 2.36. The SMILES string of the molecule is COC(=O)c1cc(Cc2nn(C3COCC[C@@H]3C#N)cc2C(N)=O)cc(F)c1Br. The third-order valence-electron chi connectivity index (χ3n) is 4.77. The first-order valence-corrected chi connectivity index (χ1v) is 9.56. The van der Waals surface area contributed by atoms with E-state index in [2.05, 4.69) is 31.8 Å². The zero-order valence-corrected chi connectivity index (χ0v) is 17.1. The number of aromatic nitrogens is 2. The Kier molecular flexibility index (Phi) is 6.30. The number of halogens is 2. The molecule has 1 aliphatic heterocycles. The van der Waals surface area contributed by atoms with Crippen LogP contribution in [0.4, 0.5) is 4.39 Å². The van der Waals surface area contributed by atoms with Crippen LogP contribution in [0.2, 0.25) is 0 Å². The smallest absolute Gasteiger partial charge is 0.339 e. The molecule has 0 radical (unpaired) electrons. The van der Waals surface area contributed by atoms with Gasteiger partial charge >= 0.3 is 5.97 Å². The number of esters is 1. The van der Waals surface area contributed by atoms with Gasteiger partial charge in [0.15, 0.2) is 0 Å². The minimum Gasteiger partial charge on any atom is -0.465 e. The molecule has 8 nitrogen and oxygen atoms in total. The van der Waals surface area contributed by atoms with Crippen LogP contribution in [-0.2, 0) is 15.9 Å². The Labute approximate surface area is 174 Å². The Hall–Kier alpha value is -2.77. The van der Waals surface area contributed by atoms with Gasteiger partial charge in [-0.15, -0.1) is 0 Å². The lowest BCUT2D eigenvalue weighted by molar-refractivity contribution is 0.0339. The molecule has 1 aliphatic rings. The maximum Gasteiger partial charge on any atom is 0.339 e. The van der Waals surface area contributed by atoms with Crippen LogP contribution in [-0.4, -0.2) is 42.0 Å². The predicted molar refractivity (Wildman–Crippen MR) is 103 cm³/mol. The van der Waals surface area contributed by atoms with Gasteiger partial charge in [-0.25, -0.2) is 9.18 Å². The first-order chi connectivity index (χ1) is 13.8. The van der Waals surface area contributed by atoms with Gasteiger partial charge in [-0.2, -0.15) is 10.4 Å². The molecule has 152 valence electrons. The van der Waals surface area contributed by atoms with Crippen LogP contribution in [0.1, 0.15) is 44.4 Å². The van der Waals surface area contributed by atoms with Crippen molar-refractivity contribution in [2.24, 2.45) is 11.7 Å². The zero-order valence-electron chi connectivity index (χ0n) is 15.5. The fourth-order valence-corrected chi connectivity index (χ4v) is 3.66. The number of rotatable bonds is 5. The van der Waals surface area contributed by atoms with Crippen LogP contribution >= 0.6 is 15.9 Å². The normalized spacial score (nSPS) is 18.8. The summed E-state index contributed by atoms with van der Waals surface area (Å²) in [4.78, 5) is 23.8. The van der Waals surface area contributed by atoms with Crippen molar-refractivity contribution in [1.82, 2.24) is 9.78 Å². The molecule has 1 unspecified atom stereocenters. The van der Waals surface area contributed by atoms with Gasteiger partial charge in [-0.3, -0.25) is 9.48 Å². The van der Waals surface area contributed by atoms with Crippen molar-refractivity contribution in [3.05, 3.63) is 51.0 Å². The summed E-state index contributed by atoms with van der Waals surface area (Å²) >= 11 is 3.04. The number of carbonyl (C=O) groups excluding carboxylic acids is 2. The zero-order chi connectivity index (χ0) is 21.1. The lowest BCUT2D eigenvalue weighted by Crippen LogP contribution is -2.29. The molecule has 1 saturated heterocycles. The van der Waals surface area contributed by atoms with Gasteiger partial charge in [0.05, 0.1) is 53.0 Å². The summed E-state index contributed by atoms with van der Waals surface area (Å²) < 4.78 is 25.9. The second-order valence-electron chi connectivity index (χ2n) is 6.61. The van der Waals surface area contributed by atoms with E-state index in [1.807, 2.05) is 0 Å². The van der Waals surface area contributed by atoms with E-state index in [1.54, 1.807) is 0 Å². The number of nitriles is 1. The van der Waals surface area contributed by atoms with Gasteiger partial charge in [-0.1, -0.05) is 0 Å². The highest BCUT2D eigenvalue weighted by molar-refractivity contribution is 9.10. The topological polar surface area (TPSA) is 120 Å². The summed E-state index contributed by atoms with van der Waals surface area (Å²) in [6.07, 6.45) is 2.10. The number of amides is 1. The molecular formula is C19H18BrFN4O4. The van der Waals surface area contributed by atoms with Crippen LogP contribution in [0, 0.1) is 23.1 Å². The van der Waals surface area contributed by atoms with E-state index in [0.29, 0.717) is 24.3 Å². The highest BCUT2D eigenvalue weighted by atomic mass is 79.9. The monoisotopic (exact) mass is 464 g/mol. The molecule has 2 atom stereocenters. The largest absolute Gasteiger partial charge is 0.465 e. The molecule has 1 aromatic carbocycles. The average molecular weight is 465 g/mol. The Morgan fingerprint density at radius 2 is 2.24 bits per heavy atom. The summed E-state index contributed by atoms with van der Waals surface area (Å²) in [5, 5.41) is 13.8. The van der Waals surface area contributed by atoms with E-state index in [-0.39, 0.29) is 40.6 Å². The first kappa shape index (κ1) is 21.0. The van der Waals surface area contributed by atoms with E-state index in [4.69, 9.17) is 10.5 Å². The third kappa shape index (κ3) is 4.31. The molecule has 0 aliphatic carbocycles. The molecule has 2 aromatic rings. The van der Waals surface area contributed by atoms with E-state index >= 15 is 0 Å². The summed E-state index contributed by atoms with van der Waals surface area (Å²) in [5.74, 6) is -2.35. The van der Waals surface area contributed by atoms with Crippen molar-refractivity contribution >= 4 is 27.8 Å². The van der Waals surface area contributed by atoms with Crippen molar-refractivity contribution in [3.8, 4) is 6.07 Å². The van der Waals surface area contributed by atoms with Crippen molar-refractivity contribution in [1.29, 1.82) is 5.26 Å². The first-order valence-electron chi connectivity index (χ1n) is 8.77. The number of hydrogen-bond donors (Lipinski definition) is 1. The molecule has 2 N–H and O–H groups in total. The number of benzene rings is 1. The molecule has 3 rings (SSSR count). The molecule has 0 saturated carbocycles.